The quantitative estimate of drug-likeness (QED) is 0.919. The van der Waals surface area contributed by atoms with Crippen molar-refractivity contribution >= 4 is 23.2 Å². The summed E-state index contributed by atoms with van der Waals surface area (Å²) in [6, 6.07) is 9.25. The van der Waals surface area contributed by atoms with Crippen LogP contribution in [0.3, 0.4) is 0 Å². The smallest absolute Gasteiger partial charge is 0.238 e. The average Bonchev–Trinajstić information content (AvgIpc) is 2.85. The third-order valence-corrected chi connectivity index (χ3v) is 3.13. The monoisotopic (exact) mass is 292 g/mol. The van der Waals surface area contributed by atoms with Gasteiger partial charge in [0.2, 0.25) is 5.91 Å². The molecule has 0 aliphatic rings. The molecule has 20 heavy (non-hydrogen) atoms. The average molecular weight is 293 g/mol. The highest BCUT2D eigenvalue weighted by molar-refractivity contribution is 6.33. The lowest BCUT2D eigenvalue weighted by Gasteiger charge is -2.15. The van der Waals surface area contributed by atoms with Crippen LogP contribution in [0.4, 0.5) is 5.69 Å². The van der Waals surface area contributed by atoms with Crippen LogP contribution in [-0.4, -0.2) is 24.4 Å². The largest absolute Gasteiger partial charge is 0.468 e. The minimum absolute atomic E-state index is 0.107. The summed E-state index contributed by atoms with van der Waals surface area (Å²) < 4.78 is 5.24. The Morgan fingerprint density at radius 3 is 2.85 bits per heavy atom. The fourth-order valence-electron chi connectivity index (χ4n) is 1.88. The molecule has 1 aromatic heterocycles. The van der Waals surface area contributed by atoms with Gasteiger partial charge in [-0.15, -0.1) is 0 Å². The van der Waals surface area contributed by atoms with Crippen LogP contribution < -0.4 is 5.32 Å². The zero-order valence-electron chi connectivity index (χ0n) is 11.5. The lowest BCUT2D eigenvalue weighted by atomic mass is 10.2. The van der Waals surface area contributed by atoms with Crippen LogP contribution in [0.25, 0.3) is 0 Å². The maximum Gasteiger partial charge on any atom is 0.238 e. The van der Waals surface area contributed by atoms with Gasteiger partial charge in [0.1, 0.15) is 5.76 Å². The van der Waals surface area contributed by atoms with Crippen molar-refractivity contribution in [3.63, 3.8) is 0 Å². The van der Waals surface area contributed by atoms with E-state index >= 15 is 0 Å². The first kappa shape index (κ1) is 14.6. The van der Waals surface area contributed by atoms with E-state index in [2.05, 4.69) is 5.32 Å². The molecule has 1 aromatic carbocycles. The number of likely N-dealkylation sites (N-methyl/N-ethyl adjacent to an activating group) is 1. The fourth-order valence-corrected chi connectivity index (χ4v) is 2.16. The molecule has 2 rings (SSSR count). The lowest BCUT2D eigenvalue weighted by molar-refractivity contribution is -0.117. The number of carbonyl (C=O) groups is 1. The Morgan fingerprint density at radius 2 is 2.20 bits per heavy atom. The summed E-state index contributed by atoms with van der Waals surface area (Å²) in [5, 5.41) is 3.35. The number of carbonyl (C=O) groups excluding carboxylic acids is 1. The van der Waals surface area contributed by atoms with Gasteiger partial charge in [0.15, 0.2) is 0 Å². The molecule has 4 nitrogen and oxygen atoms in total. The Bertz CT molecular complexity index is 582. The molecular weight excluding hydrogens is 276 g/mol. The van der Waals surface area contributed by atoms with Gasteiger partial charge >= 0.3 is 0 Å². The minimum atomic E-state index is -0.107. The summed E-state index contributed by atoms with van der Waals surface area (Å²) in [5.41, 5.74) is 1.69. The highest BCUT2D eigenvalue weighted by Gasteiger charge is 2.10. The van der Waals surface area contributed by atoms with Crippen molar-refractivity contribution < 1.29 is 9.21 Å². The molecule has 106 valence electrons. The van der Waals surface area contributed by atoms with Crippen molar-refractivity contribution in [1.29, 1.82) is 0 Å². The Hall–Kier alpha value is -1.78. The summed E-state index contributed by atoms with van der Waals surface area (Å²) in [7, 11) is 1.86. The van der Waals surface area contributed by atoms with E-state index in [1.807, 2.05) is 49.2 Å². The van der Waals surface area contributed by atoms with Gasteiger partial charge < -0.3 is 9.73 Å². The number of aryl methyl sites for hydroxylation is 1. The van der Waals surface area contributed by atoms with Gasteiger partial charge in [0.25, 0.3) is 0 Å². The maximum atomic E-state index is 11.9. The third kappa shape index (κ3) is 4.11. The number of nitrogens with zero attached hydrogens (tertiary/aromatic N) is 1. The van der Waals surface area contributed by atoms with E-state index in [4.69, 9.17) is 16.0 Å². The molecule has 0 bridgehead atoms. The summed E-state index contributed by atoms with van der Waals surface area (Å²) in [6.45, 7) is 2.81. The van der Waals surface area contributed by atoms with E-state index in [0.29, 0.717) is 17.3 Å². The first-order valence-electron chi connectivity index (χ1n) is 6.31. The van der Waals surface area contributed by atoms with Crippen LogP contribution in [0.15, 0.2) is 41.0 Å². The van der Waals surface area contributed by atoms with E-state index in [1.165, 1.54) is 0 Å². The Balaban J connectivity index is 1.88. The van der Waals surface area contributed by atoms with Crippen LogP contribution in [0, 0.1) is 6.92 Å². The number of hydrogen-bond donors (Lipinski definition) is 1. The SMILES string of the molecule is Cc1ccc(NC(=O)CN(C)Cc2ccco2)c(Cl)c1. The minimum Gasteiger partial charge on any atom is -0.468 e. The summed E-state index contributed by atoms with van der Waals surface area (Å²) in [6.07, 6.45) is 1.62. The van der Waals surface area contributed by atoms with Crippen LogP contribution in [0.5, 0.6) is 0 Å². The Kier molecular flexibility index (Phi) is 4.82. The number of benzene rings is 1. The molecular formula is C15H17ClN2O2. The van der Waals surface area contributed by atoms with Gasteiger partial charge in [-0.25, -0.2) is 0 Å². The van der Waals surface area contributed by atoms with Crippen LogP contribution in [-0.2, 0) is 11.3 Å². The maximum absolute atomic E-state index is 11.9. The molecule has 5 heteroatoms. The molecule has 0 aliphatic carbocycles. The number of nitrogens with one attached hydrogen (secondary N) is 1. The first-order chi connectivity index (χ1) is 9.54. The van der Waals surface area contributed by atoms with Gasteiger partial charge in [-0.05, 0) is 43.8 Å². The van der Waals surface area contributed by atoms with Crippen molar-refractivity contribution in [2.24, 2.45) is 0 Å². The zero-order chi connectivity index (χ0) is 14.5. The molecule has 0 fully saturated rings. The molecule has 1 heterocycles. The van der Waals surface area contributed by atoms with Gasteiger partial charge in [-0.3, -0.25) is 9.69 Å². The standard InChI is InChI=1S/C15H17ClN2O2/c1-11-5-6-14(13(16)8-11)17-15(19)10-18(2)9-12-4-3-7-20-12/h3-8H,9-10H2,1-2H3,(H,17,19). The molecule has 0 saturated heterocycles. The van der Waals surface area contributed by atoms with Crippen LogP contribution in [0.2, 0.25) is 5.02 Å². The molecule has 0 saturated carbocycles. The van der Waals surface area contributed by atoms with E-state index in [0.717, 1.165) is 11.3 Å². The van der Waals surface area contributed by atoms with Gasteiger partial charge in [0.05, 0.1) is 30.1 Å². The first-order valence-corrected chi connectivity index (χ1v) is 6.69. The topological polar surface area (TPSA) is 45.5 Å². The fraction of sp³-hybridized carbons (Fsp3) is 0.267. The number of anilines is 1. The predicted octanol–water partition coefficient (Wildman–Crippen LogP) is 3.31. The number of halogens is 1. The molecule has 0 unspecified atom stereocenters. The number of hydrogen-bond acceptors (Lipinski definition) is 3. The number of rotatable bonds is 5. The predicted molar refractivity (Wildman–Crippen MR) is 79.9 cm³/mol. The molecule has 0 atom stereocenters. The van der Waals surface area contributed by atoms with Crippen molar-refractivity contribution in [2.75, 3.05) is 18.9 Å². The second-order valence-electron chi connectivity index (χ2n) is 4.78. The Labute approximate surface area is 123 Å². The van der Waals surface area contributed by atoms with E-state index < -0.39 is 0 Å². The highest BCUT2D eigenvalue weighted by Crippen LogP contribution is 2.22. The third-order valence-electron chi connectivity index (χ3n) is 2.82. The Morgan fingerprint density at radius 1 is 1.40 bits per heavy atom. The van der Waals surface area contributed by atoms with Crippen LogP contribution >= 0.6 is 11.6 Å². The van der Waals surface area contributed by atoms with Gasteiger partial charge in [0, 0.05) is 0 Å². The van der Waals surface area contributed by atoms with E-state index in [1.54, 1.807) is 6.26 Å². The van der Waals surface area contributed by atoms with Crippen molar-refractivity contribution in [3.8, 4) is 0 Å². The van der Waals surface area contributed by atoms with Crippen molar-refractivity contribution in [3.05, 3.63) is 52.9 Å². The van der Waals surface area contributed by atoms with E-state index in [9.17, 15) is 4.79 Å². The molecule has 1 amide bonds. The zero-order valence-corrected chi connectivity index (χ0v) is 12.3. The van der Waals surface area contributed by atoms with Gasteiger partial charge in [-0.2, -0.15) is 0 Å². The van der Waals surface area contributed by atoms with Crippen molar-refractivity contribution in [1.82, 2.24) is 4.90 Å². The molecule has 1 N–H and O–H groups in total. The van der Waals surface area contributed by atoms with E-state index in [-0.39, 0.29) is 12.5 Å². The molecule has 0 radical (unpaired) electrons. The second-order valence-corrected chi connectivity index (χ2v) is 5.19. The second kappa shape index (κ2) is 6.59. The summed E-state index contributed by atoms with van der Waals surface area (Å²) in [5.74, 6) is 0.721. The van der Waals surface area contributed by atoms with Crippen LogP contribution in [0.1, 0.15) is 11.3 Å². The highest BCUT2D eigenvalue weighted by atomic mass is 35.5. The normalized spacial score (nSPS) is 10.8. The lowest BCUT2D eigenvalue weighted by Crippen LogP contribution is -2.29. The molecule has 2 aromatic rings. The van der Waals surface area contributed by atoms with Gasteiger partial charge in [-0.1, -0.05) is 17.7 Å². The van der Waals surface area contributed by atoms with Crippen molar-refractivity contribution in [2.45, 2.75) is 13.5 Å². The number of furan rings is 1. The summed E-state index contributed by atoms with van der Waals surface area (Å²) >= 11 is 6.08. The molecule has 0 aliphatic heterocycles. The molecule has 0 spiro atoms. The number of amides is 1. The summed E-state index contributed by atoms with van der Waals surface area (Å²) in [4.78, 5) is 13.8.